The summed E-state index contributed by atoms with van der Waals surface area (Å²) in [5.74, 6) is -1.79. The molecular weight excluding hydrogens is 341 g/mol. The van der Waals surface area contributed by atoms with Gasteiger partial charge in [-0.05, 0) is 37.6 Å². The van der Waals surface area contributed by atoms with Crippen LogP contribution in [0.5, 0.6) is 11.5 Å². The average molecular weight is 360 g/mol. The summed E-state index contributed by atoms with van der Waals surface area (Å²) in [4.78, 5) is 25.8. The molecule has 2 amide bonds. The van der Waals surface area contributed by atoms with Gasteiger partial charge in [-0.2, -0.15) is 13.2 Å². The van der Waals surface area contributed by atoms with E-state index >= 15 is 0 Å². The molecule has 6 nitrogen and oxygen atoms in total. The van der Waals surface area contributed by atoms with Crippen molar-refractivity contribution in [3.63, 3.8) is 0 Å². The highest BCUT2D eigenvalue weighted by Crippen LogP contribution is 2.20. The predicted octanol–water partition coefficient (Wildman–Crippen LogP) is 1.78. The minimum Gasteiger partial charge on any atom is -0.508 e. The molecule has 1 unspecified atom stereocenters. The zero-order valence-electron chi connectivity index (χ0n) is 13.6. The van der Waals surface area contributed by atoms with Crippen LogP contribution >= 0.6 is 0 Å². The van der Waals surface area contributed by atoms with Crippen molar-refractivity contribution in [1.29, 1.82) is 0 Å². The van der Waals surface area contributed by atoms with Gasteiger partial charge in [-0.15, -0.1) is 0 Å². The highest BCUT2D eigenvalue weighted by Gasteiger charge is 2.42. The van der Waals surface area contributed by atoms with Crippen LogP contribution in [-0.4, -0.2) is 65.2 Å². The second-order valence-corrected chi connectivity index (χ2v) is 5.72. The minimum absolute atomic E-state index is 0.0178. The first-order chi connectivity index (χ1) is 11.7. The molecule has 0 aromatic heterocycles. The van der Waals surface area contributed by atoms with Crippen molar-refractivity contribution in [1.82, 2.24) is 9.80 Å². The highest BCUT2D eigenvalue weighted by atomic mass is 19.4. The number of alkyl halides is 3. The molecule has 25 heavy (non-hydrogen) atoms. The van der Waals surface area contributed by atoms with Crippen molar-refractivity contribution >= 4 is 11.8 Å². The van der Waals surface area contributed by atoms with E-state index in [0.717, 1.165) is 4.90 Å². The second kappa shape index (κ2) is 7.62. The normalized spacial score (nSPS) is 17.0. The van der Waals surface area contributed by atoms with Crippen molar-refractivity contribution in [3.05, 3.63) is 24.3 Å². The lowest BCUT2D eigenvalue weighted by Crippen LogP contribution is -2.45. The number of nitrogens with zero attached hydrogens (tertiary/aromatic N) is 2. The van der Waals surface area contributed by atoms with Crippen LogP contribution in [0, 0.1) is 0 Å². The predicted molar refractivity (Wildman–Crippen MR) is 82.0 cm³/mol. The summed E-state index contributed by atoms with van der Waals surface area (Å²) in [5.41, 5.74) is 0. The smallest absolute Gasteiger partial charge is 0.471 e. The maximum Gasteiger partial charge on any atom is 0.471 e. The van der Waals surface area contributed by atoms with E-state index in [9.17, 15) is 27.9 Å². The lowest BCUT2D eigenvalue weighted by Gasteiger charge is -2.25. The van der Waals surface area contributed by atoms with Crippen LogP contribution < -0.4 is 4.74 Å². The first-order valence-electron chi connectivity index (χ1n) is 7.79. The molecule has 1 N–H and O–H groups in total. The fourth-order valence-electron chi connectivity index (χ4n) is 2.56. The molecular formula is C16H19F3N2O4. The van der Waals surface area contributed by atoms with Gasteiger partial charge in [0.05, 0.1) is 0 Å². The molecule has 1 atom stereocenters. The number of phenols is 1. The van der Waals surface area contributed by atoms with Gasteiger partial charge in [-0.3, -0.25) is 9.59 Å². The largest absolute Gasteiger partial charge is 0.508 e. The van der Waals surface area contributed by atoms with E-state index < -0.39 is 18.2 Å². The van der Waals surface area contributed by atoms with E-state index in [1.165, 1.54) is 29.2 Å². The molecule has 0 radical (unpaired) electrons. The number of amides is 2. The first-order valence-corrected chi connectivity index (χ1v) is 7.79. The molecule has 1 aromatic carbocycles. The molecule has 0 spiro atoms. The van der Waals surface area contributed by atoms with Crippen LogP contribution in [0.15, 0.2) is 24.3 Å². The summed E-state index contributed by atoms with van der Waals surface area (Å²) in [6, 6.07) is 5.84. The Morgan fingerprint density at radius 2 is 1.64 bits per heavy atom. The summed E-state index contributed by atoms with van der Waals surface area (Å²) in [5, 5.41) is 9.22. The monoisotopic (exact) mass is 360 g/mol. The van der Waals surface area contributed by atoms with Gasteiger partial charge < -0.3 is 19.6 Å². The second-order valence-electron chi connectivity index (χ2n) is 5.72. The number of halogens is 3. The molecule has 1 heterocycles. The molecule has 2 rings (SSSR count). The molecule has 138 valence electrons. The minimum atomic E-state index is -4.91. The van der Waals surface area contributed by atoms with Crippen LogP contribution in [0.2, 0.25) is 0 Å². The molecule has 1 aromatic rings. The number of ether oxygens (including phenoxy) is 1. The van der Waals surface area contributed by atoms with Gasteiger partial charge in [0.1, 0.15) is 11.5 Å². The maximum atomic E-state index is 12.5. The van der Waals surface area contributed by atoms with Crippen LogP contribution in [0.4, 0.5) is 13.2 Å². The van der Waals surface area contributed by atoms with E-state index in [1.54, 1.807) is 6.92 Å². The number of hydrogen-bond donors (Lipinski definition) is 1. The van der Waals surface area contributed by atoms with Gasteiger partial charge >= 0.3 is 12.1 Å². The third kappa shape index (κ3) is 5.01. The number of carbonyl (C=O) groups is 2. The zero-order chi connectivity index (χ0) is 18.6. The van der Waals surface area contributed by atoms with Gasteiger partial charge in [-0.25, -0.2) is 0 Å². The SMILES string of the molecule is CC(Oc1ccc(O)cc1)C(=O)N1CCCN(C(=O)C(F)(F)F)CC1. The quantitative estimate of drug-likeness (QED) is 0.892. The van der Waals surface area contributed by atoms with Gasteiger partial charge in [-0.1, -0.05) is 0 Å². The number of phenolic OH excluding ortho intramolecular Hbond substituents is 1. The fourth-order valence-corrected chi connectivity index (χ4v) is 2.56. The van der Waals surface area contributed by atoms with Crippen LogP contribution in [0.3, 0.4) is 0 Å². The van der Waals surface area contributed by atoms with E-state index in [-0.39, 0.29) is 44.3 Å². The summed E-state index contributed by atoms with van der Waals surface area (Å²) in [6.45, 7) is 1.59. The third-order valence-corrected chi connectivity index (χ3v) is 3.83. The fraction of sp³-hybridized carbons (Fsp3) is 0.500. The molecule has 9 heteroatoms. The molecule has 0 aliphatic carbocycles. The van der Waals surface area contributed by atoms with Crippen LogP contribution in [-0.2, 0) is 9.59 Å². The van der Waals surface area contributed by atoms with Crippen molar-refractivity contribution in [2.75, 3.05) is 26.2 Å². The van der Waals surface area contributed by atoms with Gasteiger partial charge in [0, 0.05) is 26.2 Å². The van der Waals surface area contributed by atoms with Crippen LogP contribution in [0.25, 0.3) is 0 Å². The van der Waals surface area contributed by atoms with Crippen LogP contribution in [0.1, 0.15) is 13.3 Å². The molecule has 1 saturated heterocycles. The maximum absolute atomic E-state index is 12.5. The zero-order valence-corrected chi connectivity index (χ0v) is 13.6. The third-order valence-electron chi connectivity index (χ3n) is 3.83. The summed E-state index contributed by atoms with van der Waals surface area (Å²) >= 11 is 0. The average Bonchev–Trinajstić information content (AvgIpc) is 2.80. The Hall–Kier alpha value is -2.45. The Labute approximate surface area is 142 Å². The van der Waals surface area contributed by atoms with Crippen molar-refractivity contribution in [2.24, 2.45) is 0 Å². The first kappa shape index (κ1) is 18.9. The lowest BCUT2D eigenvalue weighted by atomic mass is 10.3. The van der Waals surface area contributed by atoms with E-state index in [4.69, 9.17) is 4.74 Å². The number of aromatic hydroxyl groups is 1. The lowest BCUT2D eigenvalue weighted by molar-refractivity contribution is -0.185. The van der Waals surface area contributed by atoms with Gasteiger partial charge in [0.25, 0.3) is 5.91 Å². The number of benzene rings is 1. The topological polar surface area (TPSA) is 70.1 Å². The van der Waals surface area contributed by atoms with Gasteiger partial charge in [0.15, 0.2) is 6.10 Å². The Bertz CT molecular complexity index is 619. The van der Waals surface area contributed by atoms with Crippen molar-refractivity contribution in [3.8, 4) is 11.5 Å². The molecule has 0 bridgehead atoms. The van der Waals surface area contributed by atoms with Crippen molar-refractivity contribution in [2.45, 2.75) is 25.6 Å². The highest BCUT2D eigenvalue weighted by molar-refractivity contribution is 5.83. The molecule has 1 fully saturated rings. The molecule has 1 aliphatic rings. The van der Waals surface area contributed by atoms with Gasteiger partial charge in [0.2, 0.25) is 0 Å². The Balaban J connectivity index is 1.93. The number of carbonyl (C=O) groups excluding carboxylic acids is 2. The van der Waals surface area contributed by atoms with E-state index in [1.807, 2.05) is 0 Å². The standard InChI is InChI=1S/C16H19F3N2O4/c1-11(25-13-5-3-12(22)4-6-13)14(23)20-7-2-8-21(10-9-20)15(24)16(17,18)19/h3-6,11,22H,2,7-10H2,1H3. The summed E-state index contributed by atoms with van der Waals surface area (Å²) in [6.07, 6.45) is -5.48. The Morgan fingerprint density at radius 1 is 1.08 bits per heavy atom. The summed E-state index contributed by atoms with van der Waals surface area (Å²) in [7, 11) is 0. The van der Waals surface area contributed by atoms with E-state index in [0.29, 0.717) is 5.75 Å². The number of hydrogen-bond acceptors (Lipinski definition) is 4. The summed E-state index contributed by atoms with van der Waals surface area (Å²) < 4.78 is 43.0. The number of rotatable bonds is 3. The molecule has 0 saturated carbocycles. The van der Waals surface area contributed by atoms with Crippen molar-refractivity contribution < 1.29 is 32.6 Å². The van der Waals surface area contributed by atoms with E-state index in [2.05, 4.69) is 0 Å². The Morgan fingerprint density at radius 3 is 2.24 bits per heavy atom. The Kier molecular flexibility index (Phi) is 5.76. The molecule has 1 aliphatic heterocycles.